The van der Waals surface area contributed by atoms with Crippen molar-refractivity contribution in [2.75, 3.05) is 12.8 Å². The first kappa shape index (κ1) is 10.0. The van der Waals surface area contributed by atoms with Gasteiger partial charge < -0.3 is 10.5 Å². The molecule has 0 spiro atoms. The molecular formula is C6H5Cl2N3O2. The maximum atomic E-state index is 11.1. The van der Waals surface area contributed by atoms with Gasteiger partial charge in [-0.15, -0.1) is 0 Å². The number of esters is 1. The van der Waals surface area contributed by atoms with Crippen LogP contribution in [0.2, 0.25) is 10.3 Å². The number of nitrogens with zero attached hydrogens (tertiary/aromatic N) is 2. The van der Waals surface area contributed by atoms with E-state index in [-0.39, 0.29) is 21.8 Å². The number of carbonyl (C=O) groups excluding carboxylic acids is 1. The summed E-state index contributed by atoms with van der Waals surface area (Å²) in [5.74, 6) is -0.794. The third-order valence-electron chi connectivity index (χ3n) is 1.23. The van der Waals surface area contributed by atoms with Gasteiger partial charge in [0.2, 0.25) is 5.95 Å². The van der Waals surface area contributed by atoms with Crippen LogP contribution in [-0.2, 0) is 4.74 Å². The van der Waals surface area contributed by atoms with Crippen molar-refractivity contribution < 1.29 is 9.53 Å². The summed E-state index contributed by atoms with van der Waals surface area (Å²) in [5.41, 5.74) is 5.14. The molecule has 1 aromatic heterocycles. The number of ether oxygens (including phenoxy) is 1. The molecule has 0 amide bonds. The van der Waals surface area contributed by atoms with Gasteiger partial charge in [0.25, 0.3) is 0 Å². The van der Waals surface area contributed by atoms with Gasteiger partial charge in [-0.25, -0.2) is 14.8 Å². The van der Waals surface area contributed by atoms with Crippen LogP contribution in [0.15, 0.2) is 0 Å². The number of nitrogens with two attached hydrogens (primary N) is 1. The fourth-order valence-electron chi connectivity index (χ4n) is 0.694. The Hall–Kier alpha value is -1.07. The van der Waals surface area contributed by atoms with E-state index in [1.165, 1.54) is 7.11 Å². The molecular weight excluding hydrogens is 217 g/mol. The Morgan fingerprint density at radius 3 is 2.23 bits per heavy atom. The Bertz CT molecular complexity index is 333. The van der Waals surface area contributed by atoms with E-state index in [0.29, 0.717) is 0 Å². The minimum Gasteiger partial charge on any atom is -0.465 e. The van der Waals surface area contributed by atoms with Crippen LogP contribution in [0.4, 0.5) is 5.95 Å². The van der Waals surface area contributed by atoms with Gasteiger partial charge >= 0.3 is 5.97 Å². The molecule has 7 heteroatoms. The van der Waals surface area contributed by atoms with Gasteiger partial charge in [-0.05, 0) is 0 Å². The monoisotopic (exact) mass is 221 g/mol. The first-order valence-corrected chi connectivity index (χ1v) is 3.88. The number of hydrogen-bond acceptors (Lipinski definition) is 5. The Morgan fingerprint density at radius 2 is 1.85 bits per heavy atom. The van der Waals surface area contributed by atoms with Gasteiger partial charge in [-0.1, -0.05) is 23.2 Å². The molecule has 1 heterocycles. The molecule has 13 heavy (non-hydrogen) atoms. The van der Waals surface area contributed by atoms with Crippen molar-refractivity contribution in [1.29, 1.82) is 0 Å². The average Bonchev–Trinajstić information content (AvgIpc) is 2.02. The predicted molar refractivity (Wildman–Crippen MR) is 47.8 cm³/mol. The summed E-state index contributed by atoms with van der Waals surface area (Å²) >= 11 is 11.2. The summed E-state index contributed by atoms with van der Waals surface area (Å²) in [6, 6.07) is 0. The van der Waals surface area contributed by atoms with E-state index >= 15 is 0 Å². The number of hydrogen-bond donors (Lipinski definition) is 1. The van der Waals surface area contributed by atoms with Crippen molar-refractivity contribution in [1.82, 2.24) is 9.97 Å². The third kappa shape index (κ3) is 1.99. The van der Waals surface area contributed by atoms with Crippen LogP contribution in [0.1, 0.15) is 10.4 Å². The van der Waals surface area contributed by atoms with Crippen LogP contribution in [0.5, 0.6) is 0 Å². The zero-order valence-corrected chi connectivity index (χ0v) is 8.06. The Morgan fingerprint density at radius 1 is 1.38 bits per heavy atom. The molecule has 70 valence electrons. The number of methoxy groups -OCH3 is 1. The number of anilines is 1. The standard InChI is InChI=1S/C6H5Cl2N3O2/c1-13-5(12)2-3(7)10-6(9)11-4(2)8/h1H3,(H2,9,10,11). The second kappa shape index (κ2) is 3.76. The largest absolute Gasteiger partial charge is 0.465 e. The highest BCUT2D eigenvalue weighted by molar-refractivity contribution is 6.38. The Balaban J connectivity index is 3.28. The second-order valence-corrected chi connectivity index (χ2v) is 2.75. The number of halogens is 2. The highest BCUT2D eigenvalue weighted by Gasteiger charge is 2.18. The maximum absolute atomic E-state index is 11.1. The zero-order chi connectivity index (χ0) is 10.0. The molecule has 0 aliphatic rings. The van der Waals surface area contributed by atoms with Crippen LogP contribution in [0, 0.1) is 0 Å². The molecule has 0 radical (unpaired) electrons. The zero-order valence-electron chi connectivity index (χ0n) is 6.54. The first-order valence-electron chi connectivity index (χ1n) is 3.13. The average molecular weight is 222 g/mol. The number of rotatable bonds is 1. The van der Waals surface area contributed by atoms with E-state index in [1.54, 1.807) is 0 Å². The third-order valence-corrected chi connectivity index (χ3v) is 1.77. The molecule has 0 saturated heterocycles. The van der Waals surface area contributed by atoms with Gasteiger partial charge in [-0.3, -0.25) is 0 Å². The van der Waals surface area contributed by atoms with Crippen LogP contribution < -0.4 is 5.73 Å². The minimum absolute atomic E-state index is 0.0833. The van der Waals surface area contributed by atoms with Crippen molar-refractivity contribution in [3.05, 3.63) is 15.9 Å². The molecule has 1 aromatic rings. The van der Waals surface area contributed by atoms with E-state index < -0.39 is 5.97 Å². The van der Waals surface area contributed by atoms with Gasteiger partial charge in [0.1, 0.15) is 5.56 Å². The van der Waals surface area contributed by atoms with E-state index in [4.69, 9.17) is 28.9 Å². The SMILES string of the molecule is COC(=O)c1c(Cl)nc(N)nc1Cl. The maximum Gasteiger partial charge on any atom is 0.344 e. The lowest BCUT2D eigenvalue weighted by molar-refractivity contribution is 0.0600. The molecule has 5 nitrogen and oxygen atoms in total. The molecule has 0 bridgehead atoms. The quantitative estimate of drug-likeness (QED) is 0.569. The number of nitrogen functional groups attached to an aromatic ring is 1. The van der Waals surface area contributed by atoms with Crippen LogP contribution >= 0.6 is 23.2 Å². The molecule has 0 aliphatic carbocycles. The molecule has 0 atom stereocenters. The summed E-state index contributed by atoms with van der Waals surface area (Å²) in [6.45, 7) is 0. The van der Waals surface area contributed by atoms with Crippen LogP contribution in [-0.4, -0.2) is 23.0 Å². The Labute approximate surface area is 83.8 Å². The second-order valence-electron chi connectivity index (χ2n) is 2.03. The van der Waals surface area contributed by atoms with Crippen LogP contribution in [0.3, 0.4) is 0 Å². The lowest BCUT2D eigenvalue weighted by Gasteiger charge is -2.03. The molecule has 0 fully saturated rings. The molecule has 0 unspecified atom stereocenters. The van der Waals surface area contributed by atoms with Gasteiger partial charge in [0.05, 0.1) is 7.11 Å². The lowest BCUT2D eigenvalue weighted by Crippen LogP contribution is -2.07. The van der Waals surface area contributed by atoms with Gasteiger partial charge in [0, 0.05) is 0 Å². The molecule has 0 aromatic carbocycles. The predicted octanol–water partition coefficient (Wildman–Crippen LogP) is 1.15. The van der Waals surface area contributed by atoms with Gasteiger partial charge in [-0.2, -0.15) is 0 Å². The van der Waals surface area contributed by atoms with Crippen molar-refractivity contribution in [3.8, 4) is 0 Å². The highest BCUT2D eigenvalue weighted by Crippen LogP contribution is 2.22. The van der Waals surface area contributed by atoms with Crippen LogP contribution in [0.25, 0.3) is 0 Å². The van der Waals surface area contributed by atoms with E-state index in [9.17, 15) is 4.79 Å². The van der Waals surface area contributed by atoms with Gasteiger partial charge in [0.15, 0.2) is 10.3 Å². The number of carbonyl (C=O) groups is 1. The summed E-state index contributed by atoms with van der Waals surface area (Å²) in [4.78, 5) is 18.2. The molecule has 0 aliphatic heterocycles. The smallest absolute Gasteiger partial charge is 0.344 e. The summed E-state index contributed by atoms with van der Waals surface area (Å²) < 4.78 is 4.41. The van der Waals surface area contributed by atoms with Crippen molar-refractivity contribution in [2.45, 2.75) is 0 Å². The first-order chi connectivity index (χ1) is 6.06. The minimum atomic E-state index is -0.699. The molecule has 1 rings (SSSR count). The van der Waals surface area contributed by atoms with Crippen molar-refractivity contribution in [3.63, 3.8) is 0 Å². The summed E-state index contributed by atoms with van der Waals surface area (Å²) in [6.07, 6.45) is 0. The Kier molecular flexibility index (Phi) is 2.90. The van der Waals surface area contributed by atoms with E-state index in [0.717, 1.165) is 0 Å². The van der Waals surface area contributed by atoms with E-state index in [1.807, 2.05) is 0 Å². The highest BCUT2D eigenvalue weighted by atomic mass is 35.5. The fourth-order valence-corrected chi connectivity index (χ4v) is 1.25. The van der Waals surface area contributed by atoms with Crippen molar-refractivity contribution in [2.24, 2.45) is 0 Å². The molecule has 0 saturated carbocycles. The number of aromatic nitrogens is 2. The van der Waals surface area contributed by atoms with Crippen molar-refractivity contribution >= 4 is 35.1 Å². The topological polar surface area (TPSA) is 78.1 Å². The van der Waals surface area contributed by atoms with E-state index in [2.05, 4.69) is 14.7 Å². The molecule has 2 N–H and O–H groups in total. The summed E-state index contributed by atoms with van der Waals surface area (Å²) in [5, 5.41) is -0.242. The fraction of sp³-hybridized carbons (Fsp3) is 0.167. The normalized spacial score (nSPS) is 9.77. The lowest BCUT2D eigenvalue weighted by atomic mass is 10.3. The summed E-state index contributed by atoms with van der Waals surface area (Å²) in [7, 11) is 1.20.